The molecule has 0 radical (unpaired) electrons. The van der Waals surface area contributed by atoms with Crippen LogP contribution in [0.2, 0.25) is 0 Å². The molecular weight excluding hydrogens is 452 g/mol. The van der Waals surface area contributed by atoms with E-state index in [0.717, 1.165) is 33.9 Å². The van der Waals surface area contributed by atoms with Crippen molar-refractivity contribution in [3.05, 3.63) is 77.1 Å². The quantitative estimate of drug-likeness (QED) is 0.409. The van der Waals surface area contributed by atoms with Crippen molar-refractivity contribution in [1.29, 1.82) is 0 Å². The van der Waals surface area contributed by atoms with Gasteiger partial charge in [-0.05, 0) is 74.4 Å². The number of nitrogens with one attached hydrogen (secondary N) is 1. The smallest absolute Gasteiger partial charge is 0.296 e. The van der Waals surface area contributed by atoms with Crippen LogP contribution < -0.4 is 10.1 Å². The molecule has 4 rings (SSSR count). The number of aromatic nitrogens is 5. The Morgan fingerprint density at radius 2 is 1.85 bits per heavy atom. The number of anilines is 1. The summed E-state index contributed by atoms with van der Waals surface area (Å²) in [4.78, 5) is 25.8. The van der Waals surface area contributed by atoms with E-state index in [1.807, 2.05) is 32.0 Å². The van der Waals surface area contributed by atoms with Crippen LogP contribution in [0.1, 0.15) is 46.9 Å². The van der Waals surface area contributed by atoms with Crippen LogP contribution >= 0.6 is 11.3 Å². The van der Waals surface area contributed by atoms with Crippen molar-refractivity contribution in [1.82, 2.24) is 25.1 Å². The van der Waals surface area contributed by atoms with Gasteiger partial charge in [0.15, 0.2) is 0 Å². The number of carbonyl (C=O) groups excluding carboxylic acids is 1. The topological polar surface area (TPSA) is 123 Å². The van der Waals surface area contributed by atoms with Gasteiger partial charge in [-0.2, -0.15) is 0 Å². The van der Waals surface area contributed by atoms with E-state index in [0.29, 0.717) is 27.1 Å². The van der Waals surface area contributed by atoms with Crippen LogP contribution in [0, 0.1) is 13.8 Å². The normalized spacial score (nSPS) is 11.3. The molecule has 0 fully saturated rings. The van der Waals surface area contributed by atoms with Crippen LogP contribution in [0.4, 0.5) is 5.13 Å². The first-order valence-corrected chi connectivity index (χ1v) is 11.4. The molecule has 0 aliphatic carbocycles. The predicted molar refractivity (Wildman–Crippen MR) is 129 cm³/mol. The number of pyridine rings is 3. The summed E-state index contributed by atoms with van der Waals surface area (Å²) in [5.74, 6) is -0.344. The van der Waals surface area contributed by atoms with Crippen molar-refractivity contribution in [3.63, 3.8) is 0 Å². The van der Waals surface area contributed by atoms with Crippen LogP contribution in [-0.4, -0.2) is 36.2 Å². The van der Waals surface area contributed by atoms with E-state index in [1.54, 1.807) is 44.6 Å². The van der Waals surface area contributed by atoms with E-state index in [1.165, 1.54) is 0 Å². The Bertz CT molecular complexity index is 1320. The Kier molecular flexibility index (Phi) is 6.62. The van der Waals surface area contributed by atoms with Gasteiger partial charge in [0, 0.05) is 35.5 Å². The standard InChI is InChI=1S/C24H24N6O3S/c1-14-9-16(7-8-25-14)19-10-15(2)26-12-20(19)21(31)28-22-29-30-23(34-22)33-13-18-6-5-17(11-27-18)24(3,4)32/h5-12,32H,13H2,1-4H3,(H,28,29,31). The first-order valence-electron chi connectivity index (χ1n) is 10.5. The number of ether oxygens (including phenoxy) is 1. The summed E-state index contributed by atoms with van der Waals surface area (Å²) in [6.45, 7) is 7.36. The number of aryl methyl sites for hydroxylation is 2. The molecule has 1 amide bonds. The molecule has 9 nitrogen and oxygen atoms in total. The van der Waals surface area contributed by atoms with Gasteiger partial charge in [0.2, 0.25) is 5.13 Å². The molecule has 174 valence electrons. The number of aliphatic hydroxyl groups is 1. The molecular formula is C24H24N6O3S. The second kappa shape index (κ2) is 9.62. The van der Waals surface area contributed by atoms with Gasteiger partial charge in [0.1, 0.15) is 6.61 Å². The Balaban J connectivity index is 1.44. The SMILES string of the molecule is Cc1cc(-c2cc(C)ncc2C(=O)Nc2nnc(OCc3ccc(C(C)(C)O)cn3)s2)ccn1. The van der Waals surface area contributed by atoms with Crippen molar-refractivity contribution in [2.45, 2.75) is 39.9 Å². The Morgan fingerprint density at radius 3 is 2.56 bits per heavy atom. The highest BCUT2D eigenvalue weighted by Gasteiger charge is 2.18. The summed E-state index contributed by atoms with van der Waals surface area (Å²) in [5.41, 5.74) is 4.16. The maximum Gasteiger partial charge on any atom is 0.296 e. The second-order valence-corrected chi connectivity index (χ2v) is 9.21. The third-order valence-electron chi connectivity index (χ3n) is 4.99. The number of amides is 1. The van der Waals surface area contributed by atoms with Gasteiger partial charge in [-0.15, -0.1) is 5.10 Å². The first kappa shape index (κ1) is 23.4. The van der Waals surface area contributed by atoms with Crippen molar-refractivity contribution in [3.8, 4) is 16.3 Å². The summed E-state index contributed by atoms with van der Waals surface area (Å²) < 4.78 is 5.66. The molecule has 10 heteroatoms. The van der Waals surface area contributed by atoms with Crippen molar-refractivity contribution in [2.24, 2.45) is 0 Å². The molecule has 2 N–H and O–H groups in total. The lowest BCUT2D eigenvalue weighted by Crippen LogP contribution is -2.16. The van der Waals surface area contributed by atoms with Crippen LogP contribution in [-0.2, 0) is 12.2 Å². The lowest BCUT2D eigenvalue weighted by molar-refractivity contribution is 0.0781. The third-order valence-corrected chi connectivity index (χ3v) is 5.75. The largest absolute Gasteiger partial charge is 0.462 e. The van der Waals surface area contributed by atoms with Gasteiger partial charge >= 0.3 is 0 Å². The van der Waals surface area contributed by atoms with E-state index in [-0.39, 0.29) is 12.5 Å². The minimum absolute atomic E-state index is 0.183. The molecule has 0 bridgehead atoms. The number of rotatable bonds is 7. The van der Waals surface area contributed by atoms with E-state index >= 15 is 0 Å². The molecule has 34 heavy (non-hydrogen) atoms. The van der Waals surface area contributed by atoms with Crippen molar-refractivity contribution >= 4 is 22.4 Å². The number of hydrogen-bond acceptors (Lipinski definition) is 9. The van der Waals surface area contributed by atoms with Gasteiger partial charge in [-0.1, -0.05) is 11.2 Å². The van der Waals surface area contributed by atoms with Gasteiger partial charge < -0.3 is 9.84 Å². The number of hydrogen-bond donors (Lipinski definition) is 2. The zero-order chi connectivity index (χ0) is 24.3. The number of nitrogens with zero attached hydrogens (tertiary/aromatic N) is 5. The third kappa shape index (κ3) is 5.59. The van der Waals surface area contributed by atoms with Gasteiger partial charge in [-0.25, -0.2) is 0 Å². The fourth-order valence-corrected chi connectivity index (χ4v) is 3.77. The zero-order valence-corrected chi connectivity index (χ0v) is 20.1. The Labute approximate surface area is 200 Å². The van der Waals surface area contributed by atoms with Crippen LogP contribution in [0.5, 0.6) is 5.19 Å². The Hall–Kier alpha value is -3.76. The average Bonchev–Trinajstić information content (AvgIpc) is 3.24. The summed E-state index contributed by atoms with van der Waals surface area (Å²) >= 11 is 1.12. The van der Waals surface area contributed by atoms with E-state index < -0.39 is 5.60 Å². The number of carbonyl (C=O) groups is 1. The fourth-order valence-electron chi connectivity index (χ4n) is 3.18. The molecule has 0 unspecified atom stereocenters. The van der Waals surface area contributed by atoms with Gasteiger partial charge in [0.25, 0.3) is 11.1 Å². The molecule has 0 saturated heterocycles. The lowest BCUT2D eigenvalue weighted by atomic mass is 10.0. The molecule has 4 aromatic rings. The minimum Gasteiger partial charge on any atom is -0.462 e. The maximum atomic E-state index is 13.0. The predicted octanol–water partition coefficient (Wildman–Crippen LogP) is 4.07. The monoisotopic (exact) mass is 476 g/mol. The van der Waals surface area contributed by atoms with E-state index in [2.05, 4.69) is 30.5 Å². The highest BCUT2D eigenvalue weighted by molar-refractivity contribution is 7.17. The first-order chi connectivity index (χ1) is 16.2. The Morgan fingerprint density at radius 1 is 1.06 bits per heavy atom. The van der Waals surface area contributed by atoms with Crippen LogP contribution in [0.15, 0.2) is 48.9 Å². The fraction of sp³-hybridized carbons (Fsp3) is 0.250. The van der Waals surface area contributed by atoms with Gasteiger partial charge in [0.05, 0.1) is 16.9 Å². The van der Waals surface area contributed by atoms with Crippen LogP contribution in [0.3, 0.4) is 0 Å². The molecule has 0 saturated carbocycles. The van der Waals surface area contributed by atoms with E-state index in [4.69, 9.17) is 4.74 Å². The van der Waals surface area contributed by atoms with E-state index in [9.17, 15) is 9.90 Å². The minimum atomic E-state index is -0.957. The molecule has 0 aliphatic heterocycles. The zero-order valence-electron chi connectivity index (χ0n) is 19.2. The molecule has 4 heterocycles. The molecule has 0 atom stereocenters. The molecule has 0 spiro atoms. The summed E-state index contributed by atoms with van der Waals surface area (Å²) in [7, 11) is 0. The van der Waals surface area contributed by atoms with Gasteiger partial charge in [-0.3, -0.25) is 25.1 Å². The highest BCUT2D eigenvalue weighted by Crippen LogP contribution is 2.27. The average molecular weight is 477 g/mol. The summed E-state index contributed by atoms with van der Waals surface area (Å²) in [5, 5.41) is 21.4. The molecule has 0 aromatic carbocycles. The molecule has 4 aromatic heterocycles. The maximum absolute atomic E-state index is 13.0. The molecule has 0 aliphatic rings. The second-order valence-electron chi connectivity index (χ2n) is 8.27. The van der Waals surface area contributed by atoms with Crippen molar-refractivity contribution in [2.75, 3.05) is 5.32 Å². The van der Waals surface area contributed by atoms with Crippen molar-refractivity contribution < 1.29 is 14.6 Å². The lowest BCUT2D eigenvalue weighted by Gasteiger charge is -2.17. The highest BCUT2D eigenvalue weighted by atomic mass is 32.1. The summed E-state index contributed by atoms with van der Waals surface area (Å²) in [6, 6.07) is 9.23. The summed E-state index contributed by atoms with van der Waals surface area (Å²) in [6.07, 6.45) is 4.88. The van der Waals surface area contributed by atoms with Crippen LogP contribution in [0.25, 0.3) is 11.1 Å².